The Morgan fingerprint density at radius 3 is 2.75 bits per heavy atom. The Labute approximate surface area is 102 Å². The summed E-state index contributed by atoms with van der Waals surface area (Å²) in [5.41, 5.74) is 0.911. The van der Waals surface area contributed by atoms with E-state index in [1.54, 1.807) is 12.1 Å². The molecule has 0 fully saturated rings. The van der Waals surface area contributed by atoms with Crippen molar-refractivity contribution < 1.29 is 4.74 Å². The fraction of sp³-hybridized carbons (Fsp3) is 0.0909. The van der Waals surface area contributed by atoms with Gasteiger partial charge in [0.2, 0.25) is 0 Å². The van der Waals surface area contributed by atoms with Crippen molar-refractivity contribution >= 4 is 34.1 Å². The Balaban J connectivity index is 2.90. The number of halogens is 2. The maximum atomic E-state index is 8.84. The van der Waals surface area contributed by atoms with Gasteiger partial charge in [0.05, 0.1) is 17.7 Å². The molecule has 0 atom stereocenters. The van der Waals surface area contributed by atoms with Crippen LogP contribution in [0.3, 0.4) is 0 Å². The van der Waals surface area contributed by atoms with E-state index in [0.29, 0.717) is 32.3 Å². The maximum absolute atomic E-state index is 8.84. The van der Waals surface area contributed by atoms with Crippen LogP contribution in [-0.4, -0.2) is 12.1 Å². The molecular formula is C11H6Cl2N2O. The average Bonchev–Trinajstić information content (AvgIpc) is 2.29. The molecule has 2 rings (SSSR count). The zero-order chi connectivity index (χ0) is 11.7. The molecule has 0 amide bonds. The smallest absolute Gasteiger partial charge is 0.146 e. The van der Waals surface area contributed by atoms with E-state index < -0.39 is 0 Å². The summed E-state index contributed by atoms with van der Waals surface area (Å²) in [4.78, 5) is 4.13. The molecule has 1 aromatic heterocycles. The summed E-state index contributed by atoms with van der Waals surface area (Å²) in [5, 5.41) is 10.3. The highest BCUT2D eigenvalue weighted by Crippen LogP contribution is 2.33. The number of benzene rings is 1. The van der Waals surface area contributed by atoms with Crippen LogP contribution < -0.4 is 4.74 Å². The molecule has 0 saturated heterocycles. The third-order valence-corrected chi connectivity index (χ3v) is 2.80. The summed E-state index contributed by atoms with van der Waals surface area (Å²) >= 11 is 12.0. The Kier molecular flexibility index (Phi) is 2.86. The van der Waals surface area contributed by atoms with Crippen molar-refractivity contribution in [3.63, 3.8) is 0 Å². The number of pyridine rings is 1. The number of hydrogen-bond acceptors (Lipinski definition) is 3. The predicted octanol–water partition coefficient (Wildman–Crippen LogP) is 3.42. The number of ether oxygens (including phenoxy) is 1. The fourth-order valence-electron chi connectivity index (χ4n) is 1.44. The van der Waals surface area contributed by atoms with Gasteiger partial charge >= 0.3 is 0 Å². The van der Waals surface area contributed by atoms with Gasteiger partial charge in [-0.3, -0.25) is 4.98 Å². The Morgan fingerprint density at radius 2 is 2.12 bits per heavy atom. The van der Waals surface area contributed by atoms with Gasteiger partial charge in [0.15, 0.2) is 0 Å². The summed E-state index contributed by atoms with van der Waals surface area (Å²) in [6.07, 6.45) is 1.42. The van der Waals surface area contributed by atoms with Crippen LogP contribution in [-0.2, 0) is 0 Å². The number of nitrogens with zero attached hydrogens (tertiary/aromatic N) is 2. The molecule has 2 aromatic rings. The van der Waals surface area contributed by atoms with Gasteiger partial charge in [-0.25, -0.2) is 0 Å². The zero-order valence-electron chi connectivity index (χ0n) is 8.29. The first-order chi connectivity index (χ1) is 7.67. The van der Waals surface area contributed by atoms with Gasteiger partial charge < -0.3 is 4.74 Å². The molecule has 0 aliphatic rings. The van der Waals surface area contributed by atoms with Crippen molar-refractivity contribution in [2.75, 3.05) is 7.11 Å². The normalized spacial score (nSPS) is 10.1. The van der Waals surface area contributed by atoms with E-state index in [4.69, 9.17) is 33.2 Å². The second kappa shape index (κ2) is 4.17. The van der Waals surface area contributed by atoms with Crippen LogP contribution in [0, 0.1) is 11.3 Å². The molecule has 1 heterocycles. The van der Waals surface area contributed by atoms with Gasteiger partial charge in [-0.1, -0.05) is 23.2 Å². The van der Waals surface area contributed by atoms with E-state index >= 15 is 0 Å². The number of nitriles is 1. The van der Waals surface area contributed by atoms with E-state index in [1.165, 1.54) is 13.3 Å². The molecule has 0 aliphatic carbocycles. The Hall–Kier alpha value is -1.50. The number of hydrogen-bond donors (Lipinski definition) is 0. The standard InChI is InChI=1S/C11H6Cl2N2O/c1-16-9-3-7(12)2-8-10(13)6(4-14)5-15-11(8)9/h2-3,5H,1H3. The van der Waals surface area contributed by atoms with Gasteiger partial charge in [-0.2, -0.15) is 5.26 Å². The number of rotatable bonds is 1. The maximum Gasteiger partial charge on any atom is 0.146 e. The van der Waals surface area contributed by atoms with Crippen LogP contribution in [0.2, 0.25) is 10.0 Å². The van der Waals surface area contributed by atoms with Gasteiger partial charge in [-0.05, 0) is 6.07 Å². The second-order valence-corrected chi connectivity index (χ2v) is 3.92. The topological polar surface area (TPSA) is 45.9 Å². The van der Waals surface area contributed by atoms with Gasteiger partial charge in [0.25, 0.3) is 0 Å². The van der Waals surface area contributed by atoms with E-state index in [2.05, 4.69) is 4.98 Å². The SMILES string of the molecule is COc1cc(Cl)cc2c(Cl)c(C#N)cnc12. The van der Waals surface area contributed by atoms with Crippen LogP contribution in [0.15, 0.2) is 18.3 Å². The van der Waals surface area contributed by atoms with Crippen molar-refractivity contribution in [3.05, 3.63) is 33.9 Å². The minimum Gasteiger partial charge on any atom is -0.494 e. The zero-order valence-corrected chi connectivity index (χ0v) is 9.80. The molecule has 0 unspecified atom stereocenters. The van der Waals surface area contributed by atoms with E-state index in [9.17, 15) is 0 Å². The van der Waals surface area contributed by atoms with Crippen LogP contribution in [0.5, 0.6) is 5.75 Å². The van der Waals surface area contributed by atoms with Crippen LogP contribution >= 0.6 is 23.2 Å². The summed E-state index contributed by atoms with van der Waals surface area (Å²) < 4.78 is 5.15. The predicted molar refractivity (Wildman–Crippen MR) is 63.0 cm³/mol. The summed E-state index contributed by atoms with van der Waals surface area (Å²) in [7, 11) is 1.53. The van der Waals surface area contributed by atoms with E-state index in [0.717, 1.165) is 0 Å². The monoisotopic (exact) mass is 252 g/mol. The summed E-state index contributed by atoms with van der Waals surface area (Å²) in [6.45, 7) is 0. The highest BCUT2D eigenvalue weighted by atomic mass is 35.5. The molecule has 0 radical (unpaired) electrons. The second-order valence-electron chi connectivity index (χ2n) is 3.10. The average molecular weight is 253 g/mol. The fourth-order valence-corrected chi connectivity index (χ4v) is 1.88. The molecule has 3 nitrogen and oxygen atoms in total. The van der Waals surface area contributed by atoms with E-state index in [1.807, 2.05) is 6.07 Å². The first kappa shape index (κ1) is 11.0. The first-order valence-corrected chi connectivity index (χ1v) is 5.15. The van der Waals surface area contributed by atoms with Crippen LogP contribution in [0.4, 0.5) is 0 Å². The molecule has 16 heavy (non-hydrogen) atoms. The Bertz CT molecular complexity index is 605. The number of methoxy groups -OCH3 is 1. The van der Waals surface area contributed by atoms with Crippen molar-refractivity contribution in [2.24, 2.45) is 0 Å². The van der Waals surface area contributed by atoms with Crippen LogP contribution in [0.1, 0.15) is 5.56 Å². The van der Waals surface area contributed by atoms with Gasteiger partial charge in [0.1, 0.15) is 17.3 Å². The minimum atomic E-state index is 0.318. The highest BCUT2D eigenvalue weighted by molar-refractivity contribution is 6.38. The minimum absolute atomic E-state index is 0.318. The lowest BCUT2D eigenvalue weighted by molar-refractivity contribution is 0.419. The highest BCUT2D eigenvalue weighted by Gasteiger charge is 2.11. The van der Waals surface area contributed by atoms with E-state index in [-0.39, 0.29) is 0 Å². The largest absolute Gasteiger partial charge is 0.494 e. The molecule has 0 bridgehead atoms. The molecular weight excluding hydrogens is 247 g/mol. The Morgan fingerprint density at radius 1 is 1.38 bits per heavy atom. The lowest BCUT2D eigenvalue weighted by atomic mass is 10.1. The lowest BCUT2D eigenvalue weighted by Gasteiger charge is -2.07. The van der Waals surface area contributed by atoms with Crippen molar-refractivity contribution in [1.29, 1.82) is 5.26 Å². The summed E-state index contributed by atoms with van der Waals surface area (Å²) in [5.74, 6) is 0.536. The molecule has 0 saturated carbocycles. The molecule has 0 spiro atoms. The molecule has 80 valence electrons. The van der Waals surface area contributed by atoms with Crippen molar-refractivity contribution in [3.8, 4) is 11.8 Å². The molecule has 1 aromatic carbocycles. The lowest BCUT2D eigenvalue weighted by Crippen LogP contribution is -1.90. The molecule has 5 heteroatoms. The van der Waals surface area contributed by atoms with Gasteiger partial charge in [0, 0.05) is 22.7 Å². The van der Waals surface area contributed by atoms with Gasteiger partial charge in [-0.15, -0.1) is 0 Å². The third kappa shape index (κ3) is 1.67. The number of fused-ring (bicyclic) bond motifs is 1. The first-order valence-electron chi connectivity index (χ1n) is 4.39. The molecule has 0 N–H and O–H groups in total. The van der Waals surface area contributed by atoms with Crippen molar-refractivity contribution in [2.45, 2.75) is 0 Å². The quantitative estimate of drug-likeness (QED) is 0.782. The third-order valence-electron chi connectivity index (χ3n) is 2.18. The van der Waals surface area contributed by atoms with Crippen molar-refractivity contribution in [1.82, 2.24) is 4.98 Å². The molecule has 0 aliphatic heterocycles. The number of aromatic nitrogens is 1. The summed E-state index contributed by atoms with van der Waals surface area (Å²) in [6, 6.07) is 5.28. The van der Waals surface area contributed by atoms with Crippen LogP contribution in [0.25, 0.3) is 10.9 Å².